The van der Waals surface area contributed by atoms with Crippen molar-refractivity contribution in [1.29, 1.82) is 0 Å². The number of likely N-dealkylation sites (N-methyl/N-ethyl adjacent to an activating group) is 1. The van der Waals surface area contributed by atoms with E-state index in [0.29, 0.717) is 22.2 Å². The SMILES string of the molecule is CN(C(=O)COC(=O)c1cc(-c2cccs2)nc2ccccc12)c1ccccc1. The lowest BCUT2D eigenvalue weighted by Crippen LogP contribution is -2.31. The van der Waals surface area contributed by atoms with Gasteiger partial charge >= 0.3 is 5.97 Å². The van der Waals surface area contributed by atoms with Crippen LogP contribution < -0.4 is 4.90 Å². The molecule has 0 bridgehead atoms. The number of fused-ring (bicyclic) bond motifs is 1. The van der Waals surface area contributed by atoms with Gasteiger partial charge in [0.1, 0.15) is 0 Å². The van der Waals surface area contributed by atoms with E-state index >= 15 is 0 Å². The maximum atomic E-state index is 12.8. The van der Waals surface area contributed by atoms with Gasteiger partial charge in [-0.15, -0.1) is 11.3 Å². The summed E-state index contributed by atoms with van der Waals surface area (Å²) in [6, 6.07) is 22.2. The van der Waals surface area contributed by atoms with E-state index in [1.54, 1.807) is 24.5 Å². The number of carbonyl (C=O) groups is 2. The van der Waals surface area contributed by atoms with Crippen LogP contribution in [0.3, 0.4) is 0 Å². The maximum absolute atomic E-state index is 12.8. The van der Waals surface area contributed by atoms with Gasteiger partial charge in [-0.25, -0.2) is 9.78 Å². The zero-order valence-electron chi connectivity index (χ0n) is 15.7. The predicted molar refractivity (Wildman–Crippen MR) is 115 cm³/mol. The molecule has 0 radical (unpaired) electrons. The number of pyridine rings is 1. The van der Waals surface area contributed by atoms with Crippen LogP contribution in [0.15, 0.2) is 78.2 Å². The van der Waals surface area contributed by atoms with Crippen LogP contribution in [-0.2, 0) is 9.53 Å². The van der Waals surface area contributed by atoms with Gasteiger partial charge in [0.2, 0.25) is 0 Å². The van der Waals surface area contributed by atoms with Crippen molar-refractivity contribution in [2.24, 2.45) is 0 Å². The Bertz CT molecular complexity index is 1160. The molecule has 4 aromatic rings. The molecule has 0 N–H and O–H groups in total. The minimum atomic E-state index is -0.545. The van der Waals surface area contributed by atoms with Gasteiger partial charge in [-0.3, -0.25) is 4.79 Å². The zero-order chi connectivity index (χ0) is 20.2. The molecule has 0 spiro atoms. The van der Waals surface area contributed by atoms with Gasteiger partial charge in [0.25, 0.3) is 5.91 Å². The van der Waals surface area contributed by atoms with E-state index in [4.69, 9.17) is 4.74 Å². The van der Waals surface area contributed by atoms with Crippen molar-refractivity contribution < 1.29 is 14.3 Å². The van der Waals surface area contributed by atoms with Crippen LogP contribution in [0.2, 0.25) is 0 Å². The number of hydrogen-bond acceptors (Lipinski definition) is 5. The molecule has 5 nitrogen and oxygen atoms in total. The molecule has 0 saturated carbocycles. The summed E-state index contributed by atoms with van der Waals surface area (Å²) < 4.78 is 5.36. The Morgan fingerprint density at radius 2 is 1.76 bits per heavy atom. The zero-order valence-corrected chi connectivity index (χ0v) is 16.6. The molecule has 144 valence electrons. The Balaban J connectivity index is 1.57. The van der Waals surface area contributed by atoms with Crippen LogP contribution >= 0.6 is 11.3 Å². The van der Waals surface area contributed by atoms with Gasteiger partial charge in [-0.05, 0) is 35.7 Å². The van der Waals surface area contributed by atoms with Crippen LogP contribution in [0.5, 0.6) is 0 Å². The molecule has 0 aliphatic carbocycles. The summed E-state index contributed by atoms with van der Waals surface area (Å²) in [5.41, 5.74) is 2.55. The molecule has 2 aromatic heterocycles. The number of amides is 1. The van der Waals surface area contributed by atoms with E-state index < -0.39 is 5.97 Å². The number of thiophene rings is 1. The van der Waals surface area contributed by atoms with Crippen LogP contribution in [-0.4, -0.2) is 30.5 Å². The van der Waals surface area contributed by atoms with Gasteiger partial charge in [0, 0.05) is 18.1 Å². The van der Waals surface area contributed by atoms with Gasteiger partial charge in [0.05, 0.1) is 21.7 Å². The topological polar surface area (TPSA) is 59.5 Å². The first-order valence-corrected chi connectivity index (χ1v) is 9.94. The van der Waals surface area contributed by atoms with Crippen molar-refractivity contribution in [3.63, 3.8) is 0 Å². The molecular formula is C23H18N2O3S. The summed E-state index contributed by atoms with van der Waals surface area (Å²) in [6.45, 7) is -0.338. The molecule has 0 atom stereocenters. The fourth-order valence-corrected chi connectivity index (χ4v) is 3.68. The quantitative estimate of drug-likeness (QED) is 0.451. The molecule has 0 aliphatic rings. The number of rotatable bonds is 5. The molecule has 1 amide bonds. The van der Waals surface area contributed by atoms with E-state index in [1.807, 2.05) is 72.1 Å². The van der Waals surface area contributed by atoms with Crippen LogP contribution in [0, 0.1) is 0 Å². The fourth-order valence-electron chi connectivity index (χ4n) is 2.99. The highest BCUT2D eigenvalue weighted by atomic mass is 32.1. The number of nitrogens with zero attached hydrogens (tertiary/aromatic N) is 2. The molecule has 0 unspecified atom stereocenters. The van der Waals surface area contributed by atoms with E-state index in [2.05, 4.69) is 4.98 Å². The maximum Gasteiger partial charge on any atom is 0.339 e. The standard InChI is InChI=1S/C23H18N2O3S/c1-25(16-8-3-2-4-9-16)22(26)15-28-23(27)18-14-20(21-12-7-13-29-21)24-19-11-6-5-10-17(18)19/h2-14H,15H2,1H3. The van der Waals surface area contributed by atoms with E-state index in [1.165, 1.54) is 4.90 Å². The summed E-state index contributed by atoms with van der Waals surface area (Å²) >= 11 is 1.55. The lowest BCUT2D eigenvalue weighted by Gasteiger charge is -2.17. The second-order valence-corrected chi connectivity index (χ2v) is 7.36. The summed E-state index contributed by atoms with van der Waals surface area (Å²) in [4.78, 5) is 32.3. The molecule has 4 rings (SSSR count). The molecule has 0 aliphatic heterocycles. The predicted octanol–water partition coefficient (Wildman–Crippen LogP) is 4.78. The van der Waals surface area contributed by atoms with Gasteiger partial charge in [-0.2, -0.15) is 0 Å². The highest BCUT2D eigenvalue weighted by Crippen LogP contribution is 2.28. The Kier molecular flexibility index (Phi) is 5.35. The van der Waals surface area contributed by atoms with Crippen molar-refractivity contribution in [1.82, 2.24) is 4.98 Å². The smallest absolute Gasteiger partial charge is 0.339 e. The second-order valence-electron chi connectivity index (χ2n) is 6.41. The number of carbonyl (C=O) groups excluding carboxylic acids is 2. The Hall–Kier alpha value is -3.51. The summed E-state index contributed by atoms with van der Waals surface area (Å²) in [6.07, 6.45) is 0. The first kappa shape index (κ1) is 18.8. The first-order valence-electron chi connectivity index (χ1n) is 9.06. The number of hydrogen-bond donors (Lipinski definition) is 0. The molecule has 0 saturated heterocycles. The lowest BCUT2D eigenvalue weighted by atomic mass is 10.1. The summed E-state index contributed by atoms with van der Waals surface area (Å²) in [5, 5.41) is 2.66. The van der Waals surface area contributed by atoms with Crippen molar-refractivity contribution in [2.75, 3.05) is 18.6 Å². The third-order valence-electron chi connectivity index (χ3n) is 4.55. The minimum Gasteiger partial charge on any atom is -0.452 e. The average molecular weight is 402 g/mol. The number of aromatic nitrogens is 1. The Labute approximate surface area is 172 Å². The highest BCUT2D eigenvalue weighted by molar-refractivity contribution is 7.13. The highest BCUT2D eigenvalue weighted by Gasteiger charge is 2.18. The largest absolute Gasteiger partial charge is 0.452 e. The number of ether oxygens (including phenoxy) is 1. The normalized spacial score (nSPS) is 10.7. The fraction of sp³-hybridized carbons (Fsp3) is 0.0870. The Morgan fingerprint density at radius 1 is 1.00 bits per heavy atom. The first-order chi connectivity index (χ1) is 14.1. The van der Waals surface area contributed by atoms with Gasteiger partial charge < -0.3 is 9.64 Å². The number of benzene rings is 2. The summed E-state index contributed by atoms with van der Waals surface area (Å²) in [5.74, 6) is -0.849. The molecule has 2 aromatic carbocycles. The van der Waals surface area contributed by atoms with Gasteiger partial charge in [-0.1, -0.05) is 42.5 Å². The number of esters is 1. The van der Waals surface area contributed by atoms with Crippen molar-refractivity contribution >= 4 is 39.8 Å². The number of anilines is 1. The summed E-state index contributed by atoms with van der Waals surface area (Å²) in [7, 11) is 1.65. The van der Waals surface area contributed by atoms with Crippen LogP contribution in [0.1, 0.15) is 10.4 Å². The van der Waals surface area contributed by atoms with Gasteiger partial charge in [0.15, 0.2) is 6.61 Å². The van der Waals surface area contributed by atoms with Crippen molar-refractivity contribution in [3.05, 3.63) is 83.7 Å². The minimum absolute atomic E-state index is 0.304. The molecule has 6 heteroatoms. The van der Waals surface area contributed by atoms with E-state index in [0.717, 1.165) is 10.6 Å². The third kappa shape index (κ3) is 4.02. The monoisotopic (exact) mass is 402 g/mol. The van der Waals surface area contributed by atoms with E-state index in [9.17, 15) is 9.59 Å². The molecule has 29 heavy (non-hydrogen) atoms. The van der Waals surface area contributed by atoms with Crippen molar-refractivity contribution in [2.45, 2.75) is 0 Å². The molecule has 2 heterocycles. The second kappa shape index (κ2) is 8.24. The van der Waals surface area contributed by atoms with Crippen molar-refractivity contribution in [3.8, 4) is 10.6 Å². The van der Waals surface area contributed by atoms with E-state index in [-0.39, 0.29) is 12.5 Å². The van der Waals surface area contributed by atoms with Crippen LogP contribution in [0.4, 0.5) is 5.69 Å². The third-order valence-corrected chi connectivity index (χ3v) is 5.45. The lowest BCUT2D eigenvalue weighted by molar-refractivity contribution is -0.121. The average Bonchev–Trinajstić information content (AvgIpc) is 3.31. The molecular weight excluding hydrogens is 384 g/mol. The number of para-hydroxylation sites is 2. The van der Waals surface area contributed by atoms with Crippen LogP contribution in [0.25, 0.3) is 21.5 Å². The Morgan fingerprint density at radius 3 is 2.52 bits per heavy atom. The molecule has 0 fully saturated rings.